The van der Waals surface area contributed by atoms with E-state index in [0.717, 1.165) is 6.42 Å². The summed E-state index contributed by atoms with van der Waals surface area (Å²) < 4.78 is 0. The van der Waals surface area contributed by atoms with Gasteiger partial charge in [0.25, 0.3) is 0 Å². The van der Waals surface area contributed by atoms with Crippen molar-refractivity contribution in [2.45, 2.75) is 18.2 Å². The number of halogens is 1. The summed E-state index contributed by atoms with van der Waals surface area (Å²) in [5, 5.41) is 8.05. The van der Waals surface area contributed by atoms with E-state index in [1.165, 1.54) is 0 Å². The van der Waals surface area contributed by atoms with Gasteiger partial charge in [-0.15, -0.1) is 18.2 Å². The van der Waals surface area contributed by atoms with E-state index in [4.69, 9.17) is 16.9 Å². The van der Waals surface area contributed by atoms with Gasteiger partial charge in [0.15, 0.2) is 0 Å². The van der Waals surface area contributed by atoms with Crippen molar-refractivity contribution in [3.63, 3.8) is 0 Å². The Bertz CT molecular complexity index is 104. The fourth-order valence-corrected chi connectivity index (χ4v) is 0.558. The van der Waals surface area contributed by atoms with Crippen molar-refractivity contribution in [1.29, 1.82) is 5.26 Å². The molecule has 0 rings (SSSR count). The van der Waals surface area contributed by atoms with Crippen molar-refractivity contribution < 1.29 is 0 Å². The van der Waals surface area contributed by atoms with Crippen LogP contribution in [0.3, 0.4) is 0 Å². The highest BCUT2D eigenvalue weighted by Crippen LogP contribution is 2.05. The molecular weight excluding hydrogens is 122 g/mol. The van der Waals surface area contributed by atoms with Gasteiger partial charge < -0.3 is 0 Å². The molecule has 0 aromatic heterocycles. The molecule has 0 unspecified atom stereocenters. The molecule has 0 fully saturated rings. The van der Waals surface area contributed by atoms with Crippen LogP contribution in [0, 0.1) is 11.3 Å². The maximum atomic E-state index is 8.09. The van der Waals surface area contributed by atoms with Gasteiger partial charge in [-0.1, -0.05) is 6.08 Å². The zero-order valence-electron chi connectivity index (χ0n) is 4.60. The molecule has 0 N–H and O–H groups in total. The van der Waals surface area contributed by atoms with E-state index in [1.54, 1.807) is 6.08 Å². The van der Waals surface area contributed by atoms with Crippen LogP contribution in [-0.4, -0.2) is 5.38 Å². The lowest BCUT2D eigenvalue weighted by atomic mass is 10.2. The third kappa shape index (κ3) is 3.70. The SMILES string of the molecule is C=CC[C@@H](Cl)CC#N. The molecule has 0 saturated heterocycles. The molecular formula is C6H8ClN. The Kier molecular flexibility index (Phi) is 4.39. The second-order valence-corrected chi connectivity index (χ2v) is 2.10. The summed E-state index contributed by atoms with van der Waals surface area (Å²) in [6.45, 7) is 3.49. The van der Waals surface area contributed by atoms with Crippen LogP contribution in [0.2, 0.25) is 0 Å². The quantitative estimate of drug-likeness (QED) is 0.423. The first-order valence-electron chi connectivity index (χ1n) is 2.43. The summed E-state index contributed by atoms with van der Waals surface area (Å²) in [5.74, 6) is 0. The zero-order valence-corrected chi connectivity index (χ0v) is 5.36. The topological polar surface area (TPSA) is 23.8 Å². The fraction of sp³-hybridized carbons (Fsp3) is 0.500. The van der Waals surface area contributed by atoms with Gasteiger partial charge >= 0.3 is 0 Å². The minimum Gasteiger partial charge on any atom is -0.198 e. The maximum Gasteiger partial charge on any atom is 0.0637 e. The van der Waals surface area contributed by atoms with E-state index >= 15 is 0 Å². The molecule has 0 aromatic carbocycles. The third-order valence-electron chi connectivity index (χ3n) is 0.735. The Balaban J connectivity index is 3.20. The summed E-state index contributed by atoms with van der Waals surface area (Å²) in [6.07, 6.45) is 2.84. The molecule has 0 heterocycles. The predicted octanol–water partition coefficient (Wildman–Crippen LogP) is 2.08. The van der Waals surface area contributed by atoms with Gasteiger partial charge in [0.2, 0.25) is 0 Å². The number of alkyl halides is 1. The van der Waals surface area contributed by atoms with Gasteiger partial charge in [0.05, 0.1) is 12.5 Å². The van der Waals surface area contributed by atoms with Crippen molar-refractivity contribution in [3.05, 3.63) is 12.7 Å². The fourth-order valence-electron chi connectivity index (χ4n) is 0.363. The normalized spacial score (nSPS) is 12.0. The van der Waals surface area contributed by atoms with E-state index in [9.17, 15) is 0 Å². The first-order valence-corrected chi connectivity index (χ1v) is 2.86. The largest absolute Gasteiger partial charge is 0.198 e. The average molecular weight is 130 g/mol. The summed E-state index contributed by atoms with van der Waals surface area (Å²) in [7, 11) is 0. The van der Waals surface area contributed by atoms with Gasteiger partial charge in [0, 0.05) is 5.38 Å². The number of allylic oxidation sites excluding steroid dienone is 1. The lowest BCUT2D eigenvalue weighted by molar-refractivity contribution is 0.888. The van der Waals surface area contributed by atoms with Gasteiger partial charge in [-0.05, 0) is 6.42 Å². The highest BCUT2D eigenvalue weighted by molar-refractivity contribution is 6.20. The molecule has 0 spiro atoms. The molecule has 0 bridgehead atoms. The molecule has 0 aromatic rings. The van der Waals surface area contributed by atoms with Crippen LogP contribution >= 0.6 is 11.6 Å². The third-order valence-corrected chi connectivity index (χ3v) is 1.07. The second kappa shape index (κ2) is 4.67. The Hall–Kier alpha value is -0.480. The minimum absolute atomic E-state index is 0.0440. The molecule has 0 amide bonds. The monoisotopic (exact) mass is 129 g/mol. The molecule has 44 valence electrons. The van der Waals surface area contributed by atoms with Crippen LogP contribution in [0.1, 0.15) is 12.8 Å². The first kappa shape index (κ1) is 7.52. The summed E-state index contributed by atoms with van der Waals surface area (Å²) in [5.41, 5.74) is 0. The van der Waals surface area contributed by atoms with Crippen molar-refractivity contribution >= 4 is 11.6 Å². The number of nitrogens with zero attached hydrogens (tertiary/aromatic N) is 1. The second-order valence-electron chi connectivity index (χ2n) is 1.48. The van der Waals surface area contributed by atoms with Crippen molar-refractivity contribution in [1.82, 2.24) is 0 Å². The van der Waals surface area contributed by atoms with E-state index in [1.807, 2.05) is 6.07 Å². The number of hydrogen-bond donors (Lipinski definition) is 0. The highest BCUT2D eigenvalue weighted by atomic mass is 35.5. The zero-order chi connectivity index (χ0) is 6.41. The minimum atomic E-state index is -0.0440. The van der Waals surface area contributed by atoms with Crippen LogP contribution in [0.5, 0.6) is 0 Å². The standard InChI is InChI=1S/C6H8ClN/c1-2-3-6(7)4-5-8/h2,6H,1,3-4H2/t6-/m1/s1. The first-order chi connectivity index (χ1) is 3.81. The molecule has 0 saturated carbocycles. The van der Waals surface area contributed by atoms with Crippen molar-refractivity contribution in [2.24, 2.45) is 0 Å². The lowest BCUT2D eigenvalue weighted by Crippen LogP contribution is -1.92. The molecule has 0 aliphatic heterocycles. The molecule has 0 radical (unpaired) electrons. The van der Waals surface area contributed by atoms with Crippen LogP contribution < -0.4 is 0 Å². The summed E-state index contributed by atoms with van der Waals surface area (Å²) in [4.78, 5) is 0. The lowest BCUT2D eigenvalue weighted by Gasteiger charge is -1.95. The van der Waals surface area contributed by atoms with Crippen molar-refractivity contribution in [3.8, 4) is 6.07 Å². The van der Waals surface area contributed by atoms with E-state index in [-0.39, 0.29) is 5.38 Å². The van der Waals surface area contributed by atoms with Crippen LogP contribution in [-0.2, 0) is 0 Å². The Labute approximate surface area is 54.6 Å². The van der Waals surface area contributed by atoms with E-state index in [0.29, 0.717) is 6.42 Å². The average Bonchev–Trinajstić information content (AvgIpc) is 1.68. The number of rotatable bonds is 3. The Morgan fingerprint density at radius 2 is 2.50 bits per heavy atom. The van der Waals surface area contributed by atoms with Crippen LogP contribution in [0.4, 0.5) is 0 Å². The highest BCUT2D eigenvalue weighted by Gasteiger charge is 1.97. The smallest absolute Gasteiger partial charge is 0.0637 e. The maximum absolute atomic E-state index is 8.09. The molecule has 2 heteroatoms. The Morgan fingerprint density at radius 1 is 1.88 bits per heavy atom. The molecule has 8 heavy (non-hydrogen) atoms. The molecule has 1 nitrogen and oxygen atoms in total. The van der Waals surface area contributed by atoms with Gasteiger partial charge in [-0.3, -0.25) is 0 Å². The van der Waals surface area contributed by atoms with Crippen molar-refractivity contribution in [2.75, 3.05) is 0 Å². The van der Waals surface area contributed by atoms with Gasteiger partial charge in [0.1, 0.15) is 0 Å². The van der Waals surface area contributed by atoms with Gasteiger partial charge in [-0.2, -0.15) is 5.26 Å². The van der Waals surface area contributed by atoms with E-state index < -0.39 is 0 Å². The van der Waals surface area contributed by atoms with Crippen LogP contribution in [0.15, 0.2) is 12.7 Å². The number of hydrogen-bond acceptors (Lipinski definition) is 1. The molecule has 1 atom stereocenters. The summed E-state index contributed by atoms with van der Waals surface area (Å²) in [6, 6.07) is 1.97. The molecule has 0 aliphatic carbocycles. The number of nitriles is 1. The van der Waals surface area contributed by atoms with E-state index in [2.05, 4.69) is 6.58 Å². The predicted molar refractivity (Wildman–Crippen MR) is 34.7 cm³/mol. The molecule has 0 aliphatic rings. The van der Waals surface area contributed by atoms with Crippen LogP contribution in [0.25, 0.3) is 0 Å². The Morgan fingerprint density at radius 3 is 2.88 bits per heavy atom. The van der Waals surface area contributed by atoms with Gasteiger partial charge in [-0.25, -0.2) is 0 Å². The summed E-state index contributed by atoms with van der Waals surface area (Å²) >= 11 is 5.59.